The molecule has 0 aromatic heterocycles. The fourth-order valence-electron chi connectivity index (χ4n) is 0.224. The predicted molar refractivity (Wildman–Crippen MR) is 24.7 cm³/mol. The molecule has 0 amide bonds. The van der Waals surface area contributed by atoms with Crippen molar-refractivity contribution in [2.24, 2.45) is 5.90 Å². The van der Waals surface area contributed by atoms with Crippen molar-refractivity contribution in [2.75, 3.05) is 13.6 Å². The molecule has 48 valence electrons. The molecule has 5 nitrogen and oxygen atoms in total. The molecule has 0 aliphatic heterocycles. The Morgan fingerprint density at radius 1 is 2.00 bits per heavy atom. The summed E-state index contributed by atoms with van der Waals surface area (Å²) in [5.74, 6) is 3.76. The zero-order chi connectivity index (χ0) is 6.57. The minimum Gasteiger partial charge on any atom is -0.372 e. The molecule has 0 heterocycles. The van der Waals surface area contributed by atoms with Crippen molar-refractivity contribution in [1.29, 1.82) is 0 Å². The molecule has 3 N–H and O–H groups in total. The number of rotatable bonds is 2. The summed E-state index contributed by atoms with van der Waals surface area (Å²) >= 11 is 0. The highest BCUT2D eigenvalue weighted by Gasteiger charge is 2.01. The van der Waals surface area contributed by atoms with E-state index in [1.807, 2.05) is 0 Å². The maximum absolute atomic E-state index is 10.1. The maximum atomic E-state index is 10.1. The highest BCUT2D eigenvalue weighted by Crippen LogP contribution is 1.73. The number of hydrogen-bond acceptors (Lipinski definition) is 5. The van der Waals surface area contributed by atoms with Gasteiger partial charge in [0.2, 0.25) is 0 Å². The van der Waals surface area contributed by atoms with Gasteiger partial charge in [-0.25, -0.2) is 4.79 Å². The lowest BCUT2D eigenvalue weighted by Crippen LogP contribution is -2.25. The third-order valence-electron chi connectivity index (χ3n) is 0.489. The molecule has 0 aromatic rings. The molecule has 0 bridgehead atoms. The van der Waals surface area contributed by atoms with E-state index < -0.39 is 5.97 Å². The van der Waals surface area contributed by atoms with Crippen LogP contribution in [0.3, 0.4) is 0 Å². The highest BCUT2D eigenvalue weighted by molar-refractivity contribution is 5.70. The second kappa shape index (κ2) is 3.36. The van der Waals surface area contributed by atoms with Crippen LogP contribution in [0.15, 0.2) is 0 Å². The lowest BCUT2D eigenvalue weighted by molar-refractivity contribution is -0.155. The third kappa shape index (κ3) is 3.54. The molecule has 0 aromatic carbocycles. The molecular formula is C3H8N2O3. The van der Waals surface area contributed by atoms with Crippen molar-refractivity contribution in [1.82, 2.24) is 5.06 Å². The van der Waals surface area contributed by atoms with Crippen molar-refractivity contribution >= 4 is 5.97 Å². The molecule has 0 saturated heterocycles. The molecule has 5 heteroatoms. The second-order valence-corrected chi connectivity index (χ2v) is 1.31. The van der Waals surface area contributed by atoms with E-state index in [0.717, 1.165) is 0 Å². The van der Waals surface area contributed by atoms with Crippen LogP contribution in [0.25, 0.3) is 0 Å². The SMILES string of the molecule is CN(O)CC(=O)ON. The third-order valence-corrected chi connectivity index (χ3v) is 0.489. The smallest absolute Gasteiger partial charge is 0.341 e. The van der Waals surface area contributed by atoms with Gasteiger partial charge in [-0.2, -0.15) is 11.0 Å². The van der Waals surface area contributed by atoms with Crippen molar-refractivity contribution in [3.05, 3.63) is 0 Å². The van der Waals surface area contributed by atoms with Gasteiger partial charge in [0, 0.05) is 7.05 Å². The Balaban J connectivity index is 3.25. The van der Waals surface area contributed by atoms with Gasteiger partial charge in [0.1, 0.15) is 6.54 Å². The Bertz CT molecular complexity index is 82.6. The second-order valence-electron chi connectivity index (χ2n) is 1.31. The minimum atomic E-state index is -0.671. The Morgan fingerprint density at radius 2 is 2.50 bits per heavy atom. The molecule has 0 rings (SSSR count). The van der Waals surface area contributed by atoms with E-state index in [9.17, 15) is 4.79 Å². The molecular weight excluding hydrogens is 112 g/mol. The number of carbonyl (C=O) groups excluding carboxylic acids is 1. The summed E-state index contributed by atoms with van der Waals surface area (Å²) in [5, 5.41) is 9.01. The summed E-state index contributed by atoms with van der Waals surface area (Å²) in [6.45, 7) is -0.212. The fourth-order valence-corrected chi connectivity index (χ4v) is 0.224. The average Bonchev–Trinajstić information content (AvgIpc) is 1.65. The highest BCUT2D eigenvalue weighted by atomic mass is 16.7. The number of hydrogen-bond donors (Lipinski definition) is 2. The van der Waals surface area contributed by atoms with Gasteiger partial charge in [0.05, 0.1) is 0 Å². The van der Waals surface area contributed by atoms with Gasteiger partial charge in [-0.05, 0) is 0 Å². The summed E-state index contributed by atoms with van der Waals surface area (Å²) < 4.78 is 0. The first-order chi connectivity index (χ1) is 3.66. The van der Waals surface area contributed by atoms with Gasteiger partial charge in [-0.3, -0.25) is 0 Å². The van der Waals surface area contributed by atoms with E-state index in [-0.39, 0.29) is 6.54 Å². The first-order valence-electron chi connectivity index (χ1n) is 1.96. The Kier molecular flexibility index (Phi) is 3.09. The van der Waals surface area contributed by atoms with Gasteiger partial charge in [-0.1, -0.05) is 0 Å². The number of hydroxylamine groups is 2. The largest absolute Gasteiger partial charge is 0.372 e. The number of nitrogens with two attached hydrogens (primary N) is 1. The monoisotopic (exact) mass is 120 g/mol. The van der Waals surface area contributed by atoms with Crippen LogP contribution in [0.2, 0.25) is 0 Å². The zero-order valence-corrected chi connectivity index (χ0v) is 4.50. The molecule has 0 unspecified atom stereocenters. The molecule has 0 spiro atoms. The van der Waals surface area contributed by atoms with Crippen LogP contribution in [0, 0.1) is 0 Å². The first-order valence-corrected chi connectivity index (χ1v) is 1.96. The Morgan fingerprint density at radius 3 is 2.62 bits per heavy atom. The van der Waals surface area contributed by atoms with Crippen molar-refractivity contribution in [3.63, 3.8) is 0 Å². The summed E-state index contributed by atoms with van der Waals surface area (Å²) in [5.41, 5.74) is 0. The maximum Gasteiger partial charge on any atom is 0.341 e. The normalized spacial score (nSPS) is 9.50. The molecule has 0 atom stereocenters. The van der Waals surface area contributed by atoms with E-state index in [1.165, 1.54) is 7.05 Å². The van der Waals surface area contributed by atoms with Gasteiger partial charge in [0.25, 0.3) is 0 Å². The zero-order valence-electron chi connectivity index (χ0n) is 4.50. The molecule has 8 heavy (non-hydrogen) atoms. The van der Waals surface area contributed by atoms with Crippen LogP contribution in [0.1, 0.15) is 0 Å². The predicted octanol–water partition coefficient (Wildman–Crippen LogP) is -1.28. The van der Waals surface area contributed by atoms with Crippen LogP contribution in [0.4, 0.5) is 0 Å². The summed E-state index contributed by atoms with van der Waals surface area (Å²) in [6.07, 6.45) is 0. The first kappa shape index (κ1) is 7.35. The van der Waals surface area contributed by atoms with Gasteiger partial charge < -0.3 is 10.0 Å². The number of likely N-dealkylation sites (N-methyl/N-ethyl adjacent to an activating group) is 1. The molecule has 0 aliphatic carbocycles. The summed E-state index contributed by atoms with van der Waals surface area (Å²) in [7, 11) is 1.32. The quantitative estimate of drug-likeness (QED) is 0.444. The fraction of sp³-hybridized carbons (Fsp3) is 0.667. The van der Waals surface area contributed by atoms with Crippen molar-refractivity contribution < 1.29 is 14.8 Å². The number of carbonyl (C=O) groups is 1. The lowest BCUT2D eigenvalue weighted by atomic mass is 10.7. The van der Waals surface area contributed by atoms with Crippen LogP contribution in [-0.4, -0.2) is 29.8 Å². The molecule has 0 radical (unpaired) electrons. The van der Waals surface area contributed by atoms with Crippen LogP contribution < -0.4 is 5.90 Å². The van der Waals surface area contributed by atoms with Gasteiger partial charge in [-0.15, -0.1) is 0 Å². The van der Waals surface area contributed by atoms with E-state index in [0.29, 0.717) is 5.06 Å². The topological polar surface area (TPSA) is 75.8 Å². The minimum absolute atomic E-state index is 0.212. The summed E-state index contributed by atoms with van der Waals surface area (Å²) in [4.78, 5) is 13.8. The number of nitrogens with zero attached hydrogens (tertiary/aromatic N) is 1. The average molecular weight is 120 g/mol. The van der Waals surface area contributed by atoms with Crippen molar-refractivity contribution in [2.45, 2.75) is 0 Å². The Labute approximate surface area is 46.5 Å². The van der Waals surface area contributed by atoms with E-state index >= 15 is 0 Å². The summed E-state index contributed by atoms with van der Waals surface area (Å²) in [6, 6.07) is 0. The van der Waals surface area contributed by atoms with E-state index in [4.69, 9.17) is 5.21 Å². The van der Waals surface area contributed by atoms with Crippen LogP contribution in [0.5, 0.6) is 0 Å². The molecule has 0 aliphatic rings. The van der Waals surface area contributed by atoms with Crippen LogP contribution >= 0.6 is 0 Å². The van der Waals surface area contributed by atoms with E-state index in [2.05, 4.69) is 10.7 Å². The van der Waals surface area contributed by atoms with Crippen LogP contribution in [-0.2, 0) is 9.63 Å². The van der Waals surface area contributed by atoms with Crippen molar-refractivity contribution in [3.8, 4) is 0 Å². The lowest BCUT2D eigenvalue weighted by Gasteiger charge is -2.02. The van der Waals surface area contributed by atoms with Gasteiger partial charge >= 0.3 is 5.97 Å². The van der Waals surface area contributed by atoms with Gasteiger partial charge in [0.15, 0.2) is 0 Å². The standard InChI is InChI=1S/C3H8N2O3/c1-5(7)2-3(6)8-4/h7H,2,4H2,1H3. The Hall–Kier alpha value is -0.650. The molecule has 0 saturated carbocycles. The molecule has 0 fully saturated rings. The van der Waals surface area contributed by atoms with E-state index in [1.54, 1.807) is 0 Å².